The molecule has 1 nitrogen and oxygen atoms in total. The molecule has 0 saturated carbocycles. The van der Waals surface area contributed by atoms with Crippen molar-refractivity contribution in [1.29, 1.82) is 0 Å². The molecule has 0 aromatic carbocycles. The molecule has 0 spiro atoms. The van der Waals surface area contributed by atoms with Crippen molar-refractivity contribution in [3.63, 3.8) is 0 Å². The number of hydrogen-bond acceptors (Lipinski definition) is 1. The van der Waals surface area contributed by atoms with Gasteiger partial charge in [0.2, 0.25) is 0 Å². The van der Waals surface area contributed by atoms with E-state index in [0.29, 0.717) is 0 Å². The van der Waals surface area contributed by atoms with Crippen LogP contribution in [0.3, 0.4) is 0 Å². The molecule has 0 atom stereocenters. The van der Waals surface area contributed by atoms with E-state index in [1.165, 1.54) is 5.54 Å². The van der Waals surface area contributed by atoms with Crippen LogP contribution in [0, 0.1) is 0 Å². The third-order valence-corrected chi connectivity index (χ3v) is 1.19. The van der Waals surface area contributed by atoms with Gasteiger partial charge in [-0.25, -0.2) is 0 Å². The van der Waals surface area contributed by atoms with E-state index < -0.39 is 0 Å². The van der Waals surface area contributed by atoms with Crippen molar-refractivity contribution < 1.29 is 0 Å². The van der Waals surface area contributed by atoms with Gasteiger partial charge in [0.1, 0.15) is 0 Å². The first-order chi connectivity index (χ1) is 3.85. The monoisotopic (exact) mass is 133 g/mol. The van der Waals surface area contributed by atoms with Gasteiger partial charge < -0.3 is 4.90 Å². The van der Waals surface area contributed by atoms with Gasteiger partial charge in [-0.15, -0.1) is 0 Å². The van der Waals surface area contributed by atoms with Crippen LogP contribution in [0.1, 0.15) is 13.8 Å². The molecule has 8 heavy (non-hydrogen) atoms. The second kappa shape index (κ2) is 4.98. The lowest BCUT2D eigenvalue weighted by Crippen LogP contribution is -2.14. The second-order valence-corrected chi connectivity index (χ2v) is 1.75. The van der Waals surface area contributed by atoms with Crippen molar-refractivity contribution in [2.24, 2.45) is 0 Å². The Morgan fingerprint density at radius 1 is 1.38 bits per heavy atom. The van der Waals surface area contributed by atoms with Crippen molar-refractivity contribution in [3.05, 3.63) is 11.7 Å². The molecule has 0 aromatic heterocycles. The Kier molecular flexibility index (Phi) is 4.87. The van der Waals surface area contributed by atoms with Crippen molar-refractivity contribution >= 4 is 11.6 Å². The Balaban J connectivity index is 3.36. The minimum absolute atomic E-state index is 1.03. The Hall–Kier alpha value is -0.170. The minimum atomic E-state index is 1.03. The summed E-state index contributed by atoms with van der Waals surface area (Å²) in [5.41, 5.74) is 1.53. The fourth-order valence-electron chi connectivity index (χ4n) is 0.514. The molecule has 0 fully saturated rings. The van der Waals surface area contributed by atoms with E-state index in [-0.39, 0.29) is 0 Å². The van der Waals surface area contributed by atoms with E-state index in [1.807, 2.05) is 6.20 Å². The highest BCUT2D eigenvalue weighted by Gasteiger charge is 1.85. The van der Waals surface area contributed by atoms with Gasteiger partial charge in [0.25, 0.3) is 0 Å². The first kappa shape index (κ1) is 7.83. The summed E-state index contributed by atoms with van der Waals surface area (Å²) >= 11 is 5.33. The van der Waals surface area contributed by atoms with Crippen LogP contribution < -0.4 is 0 Å². The van der Waals surface area contributed by atoms with Gasteiger partial charge in [-0.2, -0.15) is 0 Å². The van der Waals surface area contributed by atoms with E-state index in [9.17, 15) is 0 Å². The largest absolute Gasteiger partial charge is 0.377 e. The summed E-state index contributed by atoms with van der Waals surface area (Å²) < 4.78 is 0. The fourth-order valence-corrected chi connectivity index (χ4v) is 0.673. The van der Waals surface area contributed by atoms with Gasteiger partial charge in [0, 0.05) is 24.8 Å². The van der Waals surface area contributed by atoms with Crippen LogP contribution in [-0.4, -0.2) is 18.0 Å². The zero-order valence-electron chi connectivity index (χ0n) is 5.39. The van der Waals surface area contributed by atoms with Crippen LogP contribution in [-0.2, 0) is 0 Å². The highest BCUT2D eigenvalue weighted by atomic mass is 35.5. The first-order valence-corrected chi connectivity index (χ1v) is 3.29. The molecular weight excluding hydrogens is 122 g/mol. The van der Waals surface area contributed by atoms with Gasteiger partial charge in [-0.1, -0.05) is 11.6 Å². The summed E-state index contributed by atoms with van der Waals surface area (Å²) in [4.78, 5) is 2.12. The van der Waals surface area contributed by atoms with Crippen LogP contribution >= 0.6 is 11.6 Å². The number of hydrogen-bond donors (Lipinski definition) is 0. The molecule has 0 bridgehead atoms. The average Bonchev–Trinajstić information content (AvgIpc) is 1.83. The third-order valence-electron chi connectivity index (χ3n) is 1.08. The number of nitrogens with zero attached hydrogens (tertiary/aromatic N) is 1. The topological polar surface area (TPSA) is 3.24 Å². The number of halogens is 1. The third kappa shape index (κ3) is 2.92. The van der Waals surface area contributed by atoms with Crippen LogP contribution in [0.4, 0.5) is 0 Å². The predicted octanol–water partition coefficient (Wildman–Crippen LogP) is 2.04. The summed E-state index contributed by atoms with van der Waals surface area (Å²) in [5.74, 6) is 0. The maximum absolute atomic E-state index is 5.33. The molecule has 0 unspecified atom stereocenters. The Morgan fingerprint density at radius 3 is 2.00 bits per heavy atom. The maximum atomic E-state index is 5.33. The summed E-state index contributed by atoms with van der Waals surface area (Å²) in [6.45, 7) is 6.25. The van der Waals surface area contributed by atoms with Gasteiger partial charge in [0.15, 0.2) is 0 Å². The Bertz CT molecular complexity index is 66.9. The van der Waals surface area contributed by atoms with Crippen LogP contribution in [0.15, 0.2) is 11.7 Å². The van der Waals surface area contributed by atoms with Crippen LogP contribution in [0.25, 0.3) is 0 Å². The highest BCUT2D eigenvalue weighted by Crippen LogP contribution is 1.88. The molecule has 0 aliphatic carbocycles. The molecule has 0 aromatic rings. The predicted molar refractivity (Wildman–Crippen MR) is 37.9 cm³/mol. The minimum Gasteiger partial charge on any atom is -0.377 e. The fraction of sp³-hybridized carbons (Fsp3) is 0.667. The molecule has 0 aliphatic rings. The van der Waals surface area contributed by atoms with Crippen molar-refractivity contribution in [3.8, 4) is 0 Å². The van der Waals surface area contributed by atoms with Crippen LogP contribution in [0.2, 0.25) is 0 Å². The lowest BCUT2D eigenvalue weighted by Gasteiger charge is -2.13. The van der Waals surface area contributed by atoms with Crippen molar-refractivity contribution in [2.45, 2.75) is 13.8 Å². The number of rotatable bonds is 3. The molecular formula is C6H12ClN. The summed E-state index contributed by atoms with van der Waals surface area (Å²) in [7, 11) is 0. The van der Waals surface area contributed by atoms with Crippen LogP contribution in [0.5, 0.6) is 0 Å². The van der Waals surface area contributed by atoms with E-state index in [2.05, 4.69) is 18.7 Å². The normalized spacial score (nSPS) is 10.4. The summed E-state index contributed by atoms with van der Waals surface area (Å²) in [6.07, 6.45) is 1.88. The summed E-state index contributed by atoms with van der Waals surface area (Å²) in [5, 5.41) is 0. The zero-order chi connectivity index (χ0) is 6.41. The van der Waals surface area contributed by atoms with Gasteiger partial charge >= 0.3 is 0 Å². The van der Waals surface area contributed by atoms with E-state index in [1.54, 1.807) is 0 Å². The van der Waals surface area contributed by atoms with E-state index in [4.69, 9.17) is 11.6 Å². The van der Waals surface area contributed by atoms with E-state index >= 15 is 0 Å². The molecule has 0 radical (unpaired) electrons. The molecule has 0 amide bonds. The lowest BCUT2D eigenvalue weighted by atomic mass is 10.5. The Morgan fingerprint density at radius 2 is 1.88 bits per heavy atom. The summed E-state index contributed by atoms with van der Waals surface area (Å²) in [6, 6.07) is 0. The Labute approximate surface area is 55.9 Å². The van der Waals surface area contributed by atoms with Crippen molar-refractivity contribution in [1.82, 2.24) is 4.90 Å². The van der Waals surface area contributed by atoms with Gasteiger partial charge in [0.05, 0.1) is 0 Å². The van der Waals surface area contributed by atoms with Gasteiger partial charge in [-0.05, 0) is 13.8 Å². The standard InChI is InChI=1S/C6H12ClN/c1-3-8(4-2)6-5-7/h5-6H,3-4H2,1-2H3/b6-5+. The smallest absolute Gasteiger partial charge is 0.0202 e. The SMILES string of the molecule is CCN(/C=C/Cl)CC. The zero-order valence-corrected chi connectivity index (χ0v) is 6.15. The molecule has 0 aliphatic heterocycles. The maximum Gasteiger partial charge on any atom is 0.0202 e. The average molecular weight is 134 g/mol. The highest BCUT2D eigenvalue weighted by molar-refractivity contribution is 6.25. The molecule has 48 valence electrons. The molecule has 0 N–H and O–H groups in total. The first-order valence-electron chi connectivity index (χ1n) is 2.86. The molecule has 2 heteroatoms. The second-order valence-electron chi connectivity index (χ2n) is 1.50. The quantitative estimate of drug-likeness (QED) is 0.570. The van der Waals surface area contributed by atoms with E-state index in [0.717, 1.165) is 13.1 Å². The molecule has 0 heterocycles. The van der Waals surface area contributed by atoms with Gasteiger partial charge in [-0.3, -0.25) is 0 Å². The lowest BCUT2D eigenvalue weighted by molar-refractivity contribution is 0.419. The van der Waals surface area contributed by atoms with Crippen molar-refractivity contribution in [2.75, 3.05) is 13.1 Å². The molecule has 0 saturated heterocycles. The molecule has 0 rings (SSSR count).